The van der Waals surface area contributed by atoms with Crippen LogP contribution in [0.1, 0.15) is 0 Å². The molecule has 160 valence electrons. The summed E-state index contributed by atoms with van der Waals surface area (Å²) in [5, 5.41) is 7.87. The molecule has 0 bridgehead atoms. The Bertz CT molecular complexity index is 1670. The molecule has 6 rings (SSSR count). The van der Waals surface area contributed by atoms with Crippen LogP contribution in [0.2, 0.25) is 0 Å². The molecule has 0 amide bonds. The Morgan fingerprint density at radius 1 is 0.848 bits per heavy atom. The monoisotopic (exact) mass is 439 g/mol. The first-order valence-electron chi connectivity index (χ1n) is 10.1. The van der Waals surface area contributed by atoms with Gasteiger partial charge in [-0.25, -0.2) is 13.8 Å². The Hall–Kier alpha value is -4.66. The maximum absolute atomic E-state index is 14.8. The molecule has 0 aliphatic carbocycles. The van der Waals surface area contributed by atoms with Crippen molar-refractivity contribution in [3.05, 3.63) is 78.8 Å². The summed E-state index contributed by atoms with van der Waals surface area (Å²) in [6, 6.07) is 12.9. The van der Waals surface area contributed by atoms with Gasteiger partial charge >= 0.3 is 0 Å². The summed E-state index contributed by atoms with van der Waals surface area (Å²) in [7, 11) is 0. The van der Waals surface area contributed by atoms with Gasteiger partial charge in [0.1, 0.15) is 28.5 Å². The normalized spacial score (nSPS) is 11.5. The van der Waals surface area contributed by atoms with Crippen LogP contribution in [-0.2, 0) is 0 Å². The van der Waals surface area contributed by atoms with E-state index in [1.807, 2.05) is 0 Å². The third-order valence-electron chi connectivity index (χ3n) is 5.48. The lowest BCUT2D eigenvalue weighted by Crippen LogP contribution is -1.90. The first-order valence-corrected chi connectivity index (χ1v) is 10.1. The van der Waals surface area contributed by atoms with Gasteiger partial charge in [0.05, 0.1) is 16.7 Å². The number of nitrogen functional groups attached to an aromatic ring is 1. The highest BCUT2D eigenvalue weighted by molar-refractivity contribution is 5.97. The lowest BCUT2D eigenvalue weighted by molar-refractivity contribution is 0.631. The second kappa shape index (κ2) is 7.20. The zero-order chi connectivity index (χ0) is 22.5. The van der Waals surface area contributed by atoms with Crippen LogP contribution in [0.4, 0.5) is 14.5 Å². The minimum atomic E-state index is -0.430. The standard InChI is InChI=1S/C24H15F2N7/c25-17-4-2-1-3-14(17)21-23-19(5-6-29-21)30-24(31-23)22-16-8-15(12-7-13(27)11-28-10-12)18(26)9-20(16)32-33-22/h1-11H,27H2,(H,30,31)(H,32,33). The van der Waals surface area contributed by atoms with E-state index in [0.29, 0.717) is 61.5 Å². The van der Waals surface area contributed by atoms with Gasteiger partial charge < -0.3 is 10.7 Å². The molecule has 4 aromatic heterocycles. The minimum Gasteiger partial charge on any atom is -0.397 e. The van der Waals surface area contributed by atoms with E-state index in [0.717, 1.165) is 0 Å². The Kier molecular flexibility index (Phi) is 4.16. The van der Waals surface area contributed by atoms with Crippen molar-refractivity contribution in [1.29, 1.82) is 0 Å². The summed E-state index contributed by atoms with van der Waals surface area (Å²) < 4.78 is 29.2. The number of rotatable bonds is 3. The molecule has 4 heterocycles. The summed E-state index contributed by atoms with van der Waals surface area (Å²) in [4.78, 5) is 16.3. The average molecular weight is 439 g/mol. The van der Waals surface area contributed by atoms with E-state index in [1.165, 1.54) is 18.3 Å². The van der Waals surface area contributed by atoms with Crippen LogP contribution in [0.3, 0.4) is 0 Å². The van der Waals surface area contributed by atoms with Crippen LogP contribution in [0.15, 0.2) is 67.1 Å². The van der Waals surface area contributed by atoms with E-state index in [1.54, 1.807) is 48.8 Å². The molecule has 33 heavy (non-hydrogen) atoms. The molecule has 0 atom stereocenters. The number of aromatic nitrogens is 6. The zero-order valence-corrected chi connectivity index (χ0v) is 17.0. The first kappa shape index (κ1) is 19.1. The predicted molar refractivity (Wildman–Crippen MR) is 122 cm³/mol. The fraction of sp³-hybridized carbons (Fsp3) is 0. The molecule has 0 spiro atoms. The second-order valence-corrected chi connectivity index (χ2v) is 7.58. The molecular weight excluding hydrogens is 424 g/mol. The number of aromatic amines is 2. The fourth-order valence-electron chi connectivity index (χ4n) is 3.94. The third-order valence-corrected chi connectivity index (χ3v) is 5.48. The molecule has 0 saturated carbocycles. The minimum absolute atomic E-state index is 0.342. The highest BCUT2D eigenvalue weighted by Crippen LogP contribution is 2.34. The van der Waals surface area contributed by atoms with E-state index in [9.17, 15) is 8.78 Å². The smallest absolute Gasteiger partial charge is 0.159 e. The van der Waals surface area contributed by atoms with Crippen LogP contribution in [0.5, 0.6) is 0 Å². The number of anilines is 1. The number of nitrogens with two attached hydrogens (primary N) is 1. The second-order valence-electron chi connectivity index (χ2n) is 7.58. The quantitative estimate of drug-likeness (QED) is 0.356. The van der Waals surface area contributed by atoms with Crippen molar-refractivity contribution >= 4 is 27.6 Å². The number of hydrogen-bond donors (Lipinski definition) is 3. The van der Waals surface area contributed by atoms with E-state index >= 15 is 0 Å². The van der Waals surface area contributed by atoms with Gasteiger partial charge in [0.25, 0.3) is 0 Å². The van der Waals surface area contributed by atoms with Crippen LogP contribution in [-0.4, -0.2) is 30.1 Å². The predicted octanol–water partition coefficient (Wildman–Crippen LogP) is 5.09. The number of benzene rings is 2. The van der Waals surface area contributed by atoms with Crippen LogP contribution in [0, 0.1) is 11.6 Å². The summed E-state index contributed by atoms with van der Waals surface area (Å²) >= 11 is 0. The van der Waals surface area contributed by atoms with Crippen molar-refractivity contribution in [2.75, 3.05) is 5.73 Å². The van der Waals surface area contributed by atoms with Crippen molar-refractivity contribution in [3.63, 3.8) is 0 Å². The Balaban J connectivity index is 1.54. The number of halogens is 2. The van der Waals surface area contributed by atoms with Crippen molar-refractivity contribution in [1.82, 2.24) is 30.1 Å². The molecule has 9 heteroatoms. The molecule has 6 aromatic rings. The van der Waals surface area contributed by atoms with Crippen molar-refractivity contribution in [2.24, 2.45) is 0 Å². The topological polar surface area (TPSA) is 109 Å². The lowest BCUT2D eigenvalue weighted by Gasteiger charge is -2.05. The van der Waals surface area contributed by atoms with Crippen LogP contribution >= 0.6 is 0 Å². The molecule has 4 N–H and O–H groups in total. The van der Waals surface area contributed by atoms with Crippen molar-refractivity contribution in [3.8, 4) is 33.9 Å². The SMILES string of the molecule is Nc1cncc(-c2cc3c(-c4nc5c(-c6ccccc6F)nccc5[nH]4)n[nH]c3cc2F)c1. The molecular formula is C24H15F2N7. The summed E-state index contributed by atoms with van der Waals surface area (Å²) in [6.45, 7) is 0. The van der Waals surface area contributed by atoms with E-state index in [2.05, 4.69) is 30.1 Å². The van der Waals surface area contributed by atoms with Crippen LogP contribution < -0.4 is 5.73 Å². The van der Waals surface area contributed by atoms with E-state index in [-0.39, 0.29) is 5.82 Å². The van der Waals surface area contributed by atoms with Gasteiger partial charge in [-0.2, -0.15) is 5.10 Å². The van der Waals surface area contributed by atoms with Gasteiger partial charge in [-0.3, -0.25) is 15.1 Å². The molecule has 0 unspecified atom stereocenters. The molecule has 0 saturated heterocycles. The zero-order valence-electron chi connectivity index (χ0n) is 17.0. The molecule has 0 aliphatic rings. The molecule has 0 radical (unpaired) electrons. The number of fused-ring (bicyclic) bond motifs is 2. The van der Waals surface area contributed by atoms with Gasteiger partial charge in [0.2, 0.25) is 0 Å². The number of nitrogens with zero attached hydrogens (tertiary/aromatic N) is 4. The van der Waals surface area contributed by atoms with E-state index in [4.69, 9.17) is 5.73 Å². The Morgan fingerprint density at radius 3 is 2.58 bits per heavy atom. The lowest BCUT2D eigenvalue weighted by atomic mass is 10.0. The maximum atomic E-state index is 14.8. The number of pyridine rings is 2. The maximum Gasteiger partial charge on any atom is 0.159 e. The number of nitrogens with one attached hydrogen (secondary N) is 2. The summed E-state index contributed by atoms with van der Waals surface area (Å²) in [5.74, 6) is -0.367. The molecule has 0 aliphatic heterocycles. The van der Waals surface area contributed by atoms with Gasteiger partial charge in [-0.15, -0.1) is 0 Å². The van der Waals surface area contributed by atoms with Crippen molar-refractivity contribution in [2.45, 2.75) is 0 Å². The third kappa shape index (κ3) is 3.09. The average Bonchev–Trinajstić information content (AvgIpc) is 3.42. The van der Waals surface area contributed by atoms with E-state index < -0.39 is 5.82 Å². The van der Waals surface area contributed by atoms with Gasteiger partial charge in [-0.05, 0) is 30.3 Å². The molecule has 7 nitrogen and oxygen atoms in total. The van der Waals surface area contributed by atoms with Crippen LogP contribution in [0.25, 0.3) is 55.8 Å². The van der Waals surface area contributed by atoms with Crippen molar-refractivity contribution < 1.29 is 8.78 Å². The van der Waals surface area contributed by atoms with Gasteiger partial charge in [0.15, 0.2) is 5.82 Å². The largest absolute Gasteiger partial charge is 0.397 e. The number of hydrogen-bond acceptors (Lipinski definition) is 5. The number of imidazole rings is 1. The first-order chi connectivity index (χ1) is 16.1. The Labute approximate surface area is 185 Å². The molecule has 2 aromatic carbocycles. The fourth-order valence-corrected chi connectivity index (χ4v) is 3.94. The number of H-pyrrole nitrogens is 2. The highest BCUT2D eigenvalue weighted by Gasteiger charge is 2.19. The Morgan fingerprint density at radius 2 is 1.73 bits per heavy atom. The molecule has 0 fully saturated rings. The van der Waals surface area contributed by atoms with Gasteiger partial charge in [0, 0.05) is 46.7 Å². The van der Waals surface area contributed by atoms with Gasteiger partial charge in [-0.1, -0.05) is 12.1 Å². The summed E-state index contributed by atoms with van der Waals surface area (Å²) in [5.41, 5.74) is 10.1. The highest BCUT2D eigenvalue weighted by atomic mass is 19.1. The summed E-state index contributed by atoms with van der Waals surface area (Å²) in [6.07, 6.45) is 4.64.